The molecule has 1 N–H and O–H groups in total. The van der Waals surface area contributed by atoms with Crippen molar-refractivity contribution in [2.24, 2.45) is 5.92 Å². The smallest absolute Gasteiger partial charge is 0.0317 e. The highest BCUT2D eigenvalue weighted by Gasteiger charge is 2.15. The summed E-state index contributed by atoms with van der Waals surface area (Å²) in [5.41, 5.74) is 1.42. The zero-order chi connectivity index (χ0) is 14.2. The van der Waals surface area contributed by atoms with Crippen molar-refractivity contribution in [1.29, 1.82) is 0 Å². The number of hydrogen-bond donors (Lipinski definition) is 1. The summed E-state index contributed by atoms with van der Waals surface area (Å²) in [5, 5.41) is 3.71. The van der Waals surface area contributed by atoms with E-state index in [1.807, 2.05) is 0 Å². The number of benzene rings is 1. The Labute approximate surface area is 124 Å². The molecule has 1 saturated heterocycles. The molecule has 1 heterocycles. The van der Waals surface area contributed by atoms with Gasteiger partial charge in [0.25, 0.3) is 0 Å². The van der Waals surface area contributed by atoms with Crippen LogP contribution in [0.1, 0.15) is 51.1 Å². The van der Waals surface area contributed by atoms with Crippen LogP contribution in [-0.4, -0.2) is 31.1 Å². The third-order valence-electron chi connectivity index (χ3n) is 4.53. The molecule has 2 heteroatoms. The zero-order valence-corrected chi connectivity index (χ0v) is 13.1. The number of likely N-dealkylation sites (tertiary alicyclic amines) is 1. The molecule has 112 valence electrons. The minimum atomic E-state index is 0.512. The van der Waals surface area contributed by atoms with E-state index in [9.17, 15) is 0 Å². The van der Waals surface area contributed by atoms with Gasteiger partial charge in [0.2, 0.25) is 0 Å². The van der Waals surface area contributed by atoms with Gasteiger partial charge in [0, 0.05) is 6.04 Å². The van der Waals surface area contributed by atoms with Crippen LogP contribution in [0.5, 0.6) is 0 Å². The average molecular weight is 274 g/mol. The van der Waals surface area contributed by atoms with E-state index >= 15 is 0 Å². The minimum absolute atomic E-state index is 0.512. The molecule has 20 heavy (non-hydrogen) atoms. The van der Waals surface area contributed by atoms with E-state index < -0.39 is 0 Å². The molecule has 1 aliphatic heterocycles. The number of nitrogens with one attached hydrogen (secondary N) is 1. The number of hydrogen-bond acceptors (Lipinski definition) is 2. The van der Waals surface area contributed by atoms with Crippen molar-refractivity contribution in [3.63, 3.8) is 0 Å². The van der Waals surface area contributed by atoms with Crippen LogP contribution in [0.25, 0.3) is 0 Å². The molecule has 1 aromatic rings. The maximum absolute atomic E-state index is 3.71. The zero-order valence-electron chi connectivity index (χ0n) is 13.1. The van der Waals surface area contributed by atoms with Gasteiger partial charge < -0.3 is 10.2 Å². The lowest BCUT2D eigenvalue weighted by atomic mass is 9.99. The molecule has 1 fully saturated rings. The molecular weight excluding hydrogens is 244 g/mol. The van der Waals surface area contributed by atoms with Crippen LogP contribution in [0.2, 0.25) is 0 Å². The molecule has 1 aromatic carbocycles. The first-order valence-corrected chi connectivity index (χ1v) is 8.30. The summed E-state index contributed by atoms with van der Waals surface area (Å²) in [6.07, 6.45) is 5.19. The van der Waals surface area contributed by atoms with Crippen LogP contribution in [0.3, 0.4) is 0 Å². The Morgan fingerprint density at radius 2 is 1.90 bits per heavy atom. The van der Waals surface area contributed by atoms with E-state index in [1.165, 1.54) is 44.5 Å². The second-order valence-electron chi connectivity index (χ2n) is 6.20. The Bertz CT molecular complexity index is 355. The van der Waals surface area contributed by atoms with Crippen LogP contribution in [0, 0.1) is 5.92 Å². The first-order chi connectivity index (χ1) is 9.79. The first kappa shape index (κ1) is 15.5. The van der Waals surface area contributed by atoms with E-state index in [0.29, 0.717) is 6.04 Å². The number of piperidine rings is 1. The van der Waals surface area contributed by atoms with Crippen molar-refractivity contribution in [3.05, 3.63) is 35.9 Å². The SMILES string of the molecule is CCC(NCCCN1CCC(C)CC1)c1ccccc1. The highest BCUT2D eigenvalue weighted by Crippen LogP contribution is 2.17. The fraction of sp³-hybridized carbons (Fsp3) is 0.667. The molecule has 2 nitrogen and oxygen atoms in total. The second-order valence-corrected chi connectivity index (χ2v) is 6.20. The van der Waals surface area contributed by atoms with Crippen molar-refractivity contribution in [1.82, 2.24) is 10.2 Å². The second kappa shape index (κ2) is 8.43. The van der Waals surface area contributed by atoms with Crippen molar-refractivity contribution in [2.75, 3.05) is 26.2 Å². The van der Waals surface area contributed by atoms with Gasteiger partial charge in [-0.1, -0.05) is 44.2 Å². The fourth-order valence-corrected chi connectivity index (χ4v) is 3.05. The van der Waals surface area contributed by atoms with Gasteiger partial charge in [0.05, 0.1) is 0 Å². The highest BCUT2D eigenvalue weighted by atomic mass is 15.1. The van der Waals surface area contributed by atoms with Crippen LogP contribution in [0.15, 0.2) is 30.3 Å². The first-order valence-electron chi connectivity index (χ1n) is 8.30. The monoisotopic (exact) mass is 274 g/mol. The van der Waals surface area contributed by atoms with Gasteiger partial charge in [0.15, 0.2) is 0 Å². The number of nitrogens with zero attached hydrogens (tertiary/aromatic N) is 1. The molecule has 1 aliphatic rings. The standard InChI is InChI=1S/C18H30N2/c1-3-18(17-8-5-4-6-9-17)19-12-7-13-20-14-10-16(2)11-15-20/h4-6,8-9,16,18-19H,3,7,10-15H2,1-2H3. The minimum Gasteiger partial charge on any atom is -0.310 e. The van der Waals surface area contributed by atoms with E-state index in [1.54, 1.807) is 0 Å². The van der Waals surface area contributed by atoms with Crippen molar-refractivity contribution < 1.29 is 0 Å². The van der Waals surface area contributed by atoms with Gasteiger partial charge in [-0.2, -0.15) is 0 Å². The molecule has 0 bridgehead atoms. The maximum atomic E-state index is 3.71. The Balaban J connectivity index is 1.64. The molecule has 0 saturated carbocycles. The third-order valence-corrected chi connectivity index (χ3v) is 4.53. The fourth-order valence-electron chi connectivity index (χ4n) is 3.05. The lowest BCUT2D eigenvalue weighted by Crippen LogP contribution is -2.35. The summed E-state index contributed by atoms with van der Waals surface area (Å²) in [4.78, 5) is 2.63. The average Bonchev–Trinajstić information content (AvgIpc) is 2.50. The van der Waals surface area contributed by atoms with Crippen LogP contribution < -0.4 is 5.32 Å². The Kier molecular flexibility index (Phi) is 6.55. The normalized spacial score (nSPS) is 19.1. The maximum Gasteiger partial charge on any atom is 0.0317 e. The van der Waals surface area contributed by atoms with Crippen LogP contribution in [0.4, 0.5) is 0 Å². The molecule has 1 unspecified atom stereocenters. The molecule has 1 atom stereocenters. The van der Waals surface area contributed by atoms with Gasteiger partial charge >= 0.3 is 0 Å². The van der Waals surface area contributed by atoms with E-state index in [2.05, 4.69) is 54.4 Å². The van der Waals surface area contributed by atoms with Crippen molar-refractivity contribution in [3.8, 4) is 0 Å². The molecule has 0 radical (unpaired) electrons. The van der Waals surface area contributed by atoms with Gasteiger partial charge in [-0.15, -0.1) is 0 Å². The lowest BCUT2D eigenvalue weighted by Gasteiger charge is -2.30. The van der Waals surface area contributed by atoms with Crippen molar-refractivity contribution in [2.45, 2.75) is 45.6 Å². The molecule has 2 rings (SSSR count). The summed E-state index contributed by atoms with van der Waals surface area (Å²) in [5.74, 6) is 0.937. The molecule has 0 spiro atoms. The summed E-state index contributed by atoms with van der Waals surface area (Å²) in [6, 6.07) is 11.3. The predicted molar refractivity (Wildman–Crippen MR) is 86.9 cm³/mol. The van der Waals surface area contributed by atoms with Crippen LogP contribution >= 0.6 is 0 Å². The van der Waals surface area contributed by atoms with Gasteiger partial charge in [-0.25, -0.2) is 0 Å². The topological polar surface area (TPSA) is 15.3 Å². The Morgan fingerprint density at radius 3 is 2.55 bits per heavy atom. The summed E-state index contributed by atoms with van der Waals surface area (Å²) in [7, 11) is 0. The largest absolute Gasteiger partial charge is 0.310 e. The van der Waals surface area contributed by atoms with Gasteiger partial charge in [-0.05, 0) is 63.3 Å². The predicted octanol–water partition coefficient (Wildman–Crippen LogP) is 3.85. The molecule has 0 aliphatic carbocycles. The summed E-state index contributed by atoms with van der Waals surface area (Å²) in [6.45, 7) is 9.62. The van der Waals surface area contributed by atoms with E-state index in [-0.39, 0.29) is 0 Å². The number of rotatable bonds is 7. The summed E-state index contributed by atoms with van der Waals surface area (Å²) >= 11 is 0. The molecule has 0 aromatic heterocycles. The highest BCUT2D eigenvalue weighted by molar-refractivity contribution is 5.18. The summed E-state index contributed by atoms with van der Waals surface area (Å²) < 4.78 is 0. The quantitative estimate of drug-likeness (QED) is 0.760. The van der Waals surface area contributed by atoms with Gasteiger partial charge in [0.1, 0.15) is 0 Å². The third kappa shape index (κ3) is 4.92. The Hall–Kier alpha value is -0.860. The van der Waals surface area contributed by atoms with Gasteiger partial charge in [-0.3, -0.25) is 0 Å². The van der Waals surface area contributed by atoms with Crippen molar-refractivity contribution >= 4 is 0 Å². The Morgan fingerprint density at radius 1 is 1.20 bits per heavy atom. The van der Waals surface area contributed by atoms with Crippen LogP contribution in [-0.2, 0) is 0 Å². The lowest BCUT2D eigenvalue weighted by molar-refractivity contribution is 0.189. The van der Waals surface area contributed by atoms with E-state index in [0.717, 1.165) is 18.9 Å². The van der Waals surface area contributed by atoms with E-state index in [4.69, 9.17) is 0 Å². The molecule has 0 amide bonds. The molecular formula is C18H30N2.